The van der Waals surface area contributed by atoms with E-state index in [-0.39, 0.29) is 25.3 Å². The van der Waals surface area contributed by atoms with Gasteiger partial charge in [0.25, 0.3) is 0 Å². The predicted octanol–water partition coefficient (Wildman–Crippen LogP) is -1.25. The fourth-order valence-electron chi connectivity index (χ4n) is 2.05. The number of benzene rings is 1. The normalized spacial score (nSPS) is 10.5. The molecule has 0 atom stereocenters. The molecule has 0 fully saturated rings. The quantitative estimate of drug-likeness (QED) is 0.492. The lowest BCUT2D eigenvalue weighted by atomic mass is 10.2. The standard InChI is InChI=1S/C17H26N2O5/c1-19(2)9-4-10-24-15-11-14(23-3)6-5-13(15)12-18-16(20)7-8-17(21)22/h5-6,11H,4,7-10,12H2,1-3H3,(H,18,20)(H,21,22). The Morgan fingerprint density at radius 3 is 2.62 bits per heavy atom. The Labute approximate surface area is 142 Å². The highest BCUT2D eigenvalue weighted by atomic mass is 16.5. The zero-order valence-corrected chi connectivity index (χ0v) is 14.5. The third-order valence-electron chi connectivity index (χ3n) is 3.39. The maximum atomic E-state index is 11.6. The molecule has 0 spiro atoms. The Morgan fingerprint density at radius 1 is 1.25 bits per heavy atom. The second-order valence-corrected chi connectivity index (χ2v) is 5.78. The number of hydrogen-bond acceptors (Lipinski definition) is 5. The van der Waals surface area contributed by atoms with Gasteiger partial charge < -0.3 is 29.6 Å². The molecule has 1 amide bonds. The summed E-state index contributed by atoms with van der Waals surface area (Å²) in [4.78, 5) is 23.3. The van der Waals surface area contributed by atoms with Crippen LogP contribution in [0.1, 0.15) is 24.8 Å². The number of aliphatic carboxylic acids is 1. The first-order chi connectivity index (χ1) is 11.4. The van der Waals surface area contributed by atoms with Crippen LogP contribution in [0.4, 0.5) is 0 Å². The molecule has 0 aliphatic carbocycles. The van der Waals surface area contributed by atoms with E-state index in [1.54, 1.807) is 19.2 Å². The summed E-state index contributed by atoms with van der Waals surface area (Å²) in [6.07, 6.45) is 0.530. The van der Waals surface area contributed by atoms with Gasteiger partial charge in [-0.25, -0.2) is 0 Å². The van der Waals surface area contributed by atoms with Gasteiger partial charge in [0.15, 0.2) is 0 Å². The SMILES string of the molecule is COc1ccc(CNC(=O)CCC(=O)[O-])c(OCCC[NH+](C)C)c1. The van der Waals surface area contributed by atoms with E-state index in [4.69, 9.17) is 9.47 Å². The van der Waals surface area contributed by atoms with Gasteiger partial charge in [0, 0.05) is 37.0 Å². The number of carboxylic acids is 1. The molecule has 24 heavy (non-hydrogen) atoms. The summed E-state index contributed by atoms with van der Waals surface area (Å²) in [7, 11) is 5.74. The van der Waals surface area contributed by atoms with E-state index in [9.17, 15) is 14.7 Å². The number of ether oxygens (including phenoxy) is 2. The first kappa shape index (κ1) is 19.8. The second kappa shape index (κ2) is 10.5. The monoisotopic (exact) mass is 338 g/mol. The Balaban J connectivity index is 2.60. The van der Waals surface area contributed by atoms with Crippen molar-refractivity contribution in [3.63, 3.8) is 0 Å². The van der Waals surface area contributed by atoms with Crippen LogP contribution in [-0.2, 0) is 16.1 Å². The molecule has 0 saturated heterocycles. The summed E-state index contributed by atoms with van der Waals surface area (Å²) in [5.74, 6) is -0.239. The van der Waals surface area contributed by atoms with E-state index in [1.807, 2.05) is 6.07 Å². The van der Waals surface area contributed by atoms with Gasteiger partial charge in [-0.05, 0) is 18.6 Å². The molecule has 1 aromatic carbocycles. The van der Waals surface area contributed by atoms with Crippen molar-refractivity contribution < 1.29 is 29.1 Å². The zero-order chi connectivity index (χ0) is 17.9. The number of methoxy groups -OCH3 is 1. The van der Waals surface area contributed by atoms with Crippen LogP contribution in [0.5, 0.6) is 11.5 Å². The van der Waals surface area contributed by atoms with E-state index >= 15 is 0 Å². The third-order valence-corrected chi connectivity index (χ3v) is 3.39. The molecule has 134 valence electrons. The lowest BCUT2D eigenvalue weighted by molar-refractivity contribution is -0.858. The minimum atomic E-state index is -1.23. The Hall–Kier alpha value is -2.28. The largest absolute Gasteiger partial charge is 0.550 e. The van der Waals surface area contributed by atoms with Gasteiger partial charge in [0.1, 0.15) is 11.5 Å². The summed E-state index contributed by atoms with van der Waals surface area (Å²) in [5, 5.41) is 13.1. The number of carboxylic acid groups (broad SMARTS) is 1. The van der Waals surface area contributed by atoms with Crippen LogP contribution in [0.3, 0.4) is 0 Å². The highest BCUT2D eigenvalue weighted by Gasteiger charge is 2.09. The fourth-order valence-corrected chi connectivity index (χ4v) is 2.05. The van der Waals surface area contributed by atoms with Crippen LogP contribution in [-0.4, -0.2) is 46.2 Å². The molecular weight excluding hydrogens is 312 g/mol. The molecule has 0 radical (unpaired) electrons. The van der Waals surface area contributed by atoms with E-state index in [0.29, 0.717) is 18.1 Å². The topological polar surface area (TPSA) is 92.1 Å². The number of carbonyl (C=O) groups is 2. The molecule has 0 aromatic heterocycles. The maximum Gasteiger partial charge on any atom is 0.220 e. The molecular formula is C17H26N2O5. The molecule has 0 heterocycles. The highest BCUT2D eigenvalue weighted by molar-refractivity contribution is 5.80. The van der Waals surface area contributed by atoms with Crippen molar-refractivity contribution in [1.82, 2.24) is 5.32 Å². The van der Waals surface area contributed by atoms with Crippen molar-refractivity contribution in [2.75, 3.05) is 34.4 Å². The van der Waals surface area contributed by atoms with Crippen LogP contribution in [0.15, 0.2) is 18.2 Å². The average Bonchev–Trinajstić information content (AvgIpc) is 2.55. The van der Waals surface area contributed by atoms with Crippen molar-refractivity contribution >= 4 is 11.9 Å². The van der Waals surface area contributed by atoms with Gasteiger partial charge >= 0.3 is 0 Å². The predicted molar refractivity (Wildman–Crippen MR) is 86.9 cm³/mol. The van der Waals surface area contributed by atoms with Crippen molar-refractivity contribution in [3.8, 4) is 11.5 Å². The summed E-state index contributed by atoms with van der Waals surface area (Å²) in [6, 6.07) is 5.40. The minimum Gasteiger partial charge on any atom is -0.550 e. The number of hydrogen-bond donors (Lipinski definition) is 2. The van der Waals surface area contributed by atoms with Crippen LogP contribution < -0.4 is 24.8 Å². The van der Waals surface area contributed by atoms with E-state index in [0.717, 1.165) is 18.5 Å². The number of rotatable bonds is 11. The molecule has 0 bridgehead atoms. The van der Waals surface area contributed by atoms with Crippen molar-refractivity contribution in [3.05, 3.63) is 23.8 Å². The Morgan fingerprint density at radius 2 is 2.00 bits per heavy atom. The van der Waals surface area contributed by atoms with Crippen molar-refractivity contribution in [2.45, 2.75) is 25.8 Å². The van der Waals surface area contributed by atoms with Gasteiger partial charge in [-0.2, -0.15) is 0 Å². The smallest absolute Gasteiger partial charge is 0.220 e. The fraction of sp³-hybridized carbons (Fsp3) is 0.529. The molecule has 1 aromatic rings. The second-order valence-electron chi connectivity index (χ2n) is 5.78. The molecule has 1 rings (SSSR count). The Kier molecular flexibility index (Phi) is 8.64. The average molecular weight is 338 g/mol. The molecule has 2 N–H and O–H groups in total. The number of amides is 1. The summed E-state index contributed by atoms with van der Waals surface area (Å²) < 4.78 is 11.0. The van der Waals surface area contributed by atoms with E-state index in [2.05, 4.69) is 19.4 Å². The lowest BCUT2D eigenvalue weighted by Crippen LogP contribution is -3.05. The number of carbonyl (C=O) groups excluding carboxylic acids is 2. The van der Waals surface area contributed by atoms with Crippen LogP contribution in [0, 0.1) is 0 Å². The first-order valence-corrected chi connectivity index (χ1v) is 7.97. The van der Waals surface area contributed by atoms with Crippen LogP contribution in [0.25, 0.3) is 0 Å². The lowest BCUT2D eigenvalue weighted by Gasteiger charge is -2.14. The minimum absolute atomic E-state index is 0.0969. The molecule has 0 aliphatic rings. The molecule has 7 heteroatoms. The number of nitrogens with one attached hydrogen (secondary N) is 2. The first-order valence-electron chi connectivity index (χ1n) is 7.97. The van der Waals surface area contributed by atoms with E-state index < -0.39 is 5.97 Å². The summed E-state index contributed by atoms with van der Waals surface area (Å²) >= 11 is 0. The molecule has 7 nitrogen and oxygen atoms in total. The van der Waals surface area contributed by atoms with Gasteiger partial charge in [-0.15, -0.1) is 0 Å². The summed E-state index contributed by atoms with van der Waals surface area (Å²) in [6.45, 7) is 1.84. The Bertz CT molecular complexity index is 546. The van der Waals surface area contributed by atoms with Gasteiger partial charge in [-0.1, -0.05) is 0 Å². The molecule has 0 unspecified atom stereocenters. The molecule has 0 aliphatic heterocycles. The highest BCUT2D eigenvalue weighted by Crippen LogP contribution is 2.25. The van der Waals surface area contributed by atoms with Crippen molar-refractivity contribution in [1.29, 1.82) is 0 Å². The maximum absolute atomic E-state index is 11.6. The van der Waals surface area contributed by atoms with Gasteiger partial charge in [0.2, 0.25) is 5.91 Å². The van der Waals surface area contributed by atoms with E-state index in [1.165, 1.54) is 4.90 Å². The zero-order valence-electron chi connectivity index (χ0n) is 14.5. The number of quaternary nitrogens is 1. The third kappa shape index (κ3) is 7.82. The van der Waals surface area contributed by atoms with Crippen LogP contribution in [0.2, 0.25) is 0 Å². The molecule has 0 saturated carbocycles. The van der Waals surface area contributed by atoms with Gasteiger partial charge in [-0.3, -0.25) is 4.79 Å². The van der Waals surface area contributed by atoms with Crippen molar-refractivity contribution in [2.24, 2.45) is 0 Å². The van der Waals surface area contributed by atoms with Gasteiger partial charge in [0.05, 0.1) is 34.4 Å². The summed E-state index contributed by atoms with van der Waals surface area (Å²) in [5.41, 5.74) is 0.815. The van der Waals surface area contributed by atoms with Crippen LogP contribution >= 0.6 is 0 Å².